The van der Waals surface area contributed by atoms with Crippen molar-refractivity contribution in [2.75, 3.05) is 0 Å². The van der Waals surface area contributed by atoms with E-state index in [1.54, 1.807) is 0 Å². The molecule has 82 valence electrons. The van der Waals surface area contributed by atoms with Crippen LogP contribution >= 0.6 is 0 Å². The molecular formula is C13H24O. The van der Waals surface area contributed by atoms with E-state index in [4.69, 9.17) is 4.74 Å². The van der Waals surface area contributed by atoms with Crippen LogP contribution in [-0.4, -0.2) is 11.7 Å². The van der Waals surface area contributed by atoms with E-state index in [0.29, 0.717) is 6.10 Å². The van der Waals surface area contributed by atoms with Gasteiger partial charge in [0.1, 0.15) is 0 Å². The van der Waals surface area contributed by atoms with Crippen molar-refractivity contribution in [1.29, 1.82) is 0 Å². The molecule has 14 heavy (non-hydrogen) atoms. The third-order valence-corrected chi connectivity index (χ3v) is 3.85. The molecule has 1 nitrogen and oxygen atoms in total. The van der Waals surface area contributed by atoms with E-state index >= 15 is 0 Å². The zero-order valence-corrected chi connectivity index (χ0v) is 9.88. The van der Waals surface area contributed by atoms with Crippen LogP contribution in [0.4, 0.5) is 0 Å². The fourth-order valence-corrected chi connectivity index (χ4v) is 3.74. The van der Waals surface area contributed by atoms with Crippen molar-refractivity contribution in [2.24, 2.45) is 11.8 Å². The molecule has 2 bridgehead atoms. The first-order valence-electron chi connectivity index (χ1n) is 6.25. The Morgan fingerprint density at radius 2 is 1.71 bits per heavy atom. The molecule has 0 radical (unpaired) electrons. The van der Waals surface area contributed by atoms with E-state index in [1.165, 1.54) is 38.5 Å². The maximum atomic E-state index is 6.12. The molecule has 0 spiro atoms. The summed E-state index contributed by atoms with van der Waals surface area (Å²) in [6.45, 7) is 6.66. The first kappa shape index (κ1) is 10.5. The Morgan fingerprint density at radius 1 is 1.14 bits per heavy atom. The molecule has 2 atom stereocenters. The van der Waals surface area contributed by atoms with Gasteiger partial charge < -0.3 is 4.74 Å². The van der Waals surface area contributed by atoms with Gasteiger partial charge in [-0.05, 0) is 51.9 Å². The van der Waals surface area contributed by atoms with Gasteiger partial charge in [0.25, 0.3) is 0 Å². The van der Waals surface area contributed by atoms with Gasteiger partial charge >= 0.3 is 0 Å². The minimum atomic E-state index is 0.197. The summed E-state index contributed by atoms with van der Waals surface area (Å²) in [5.74, 6) is 1.93. The van der Waals surface area contributed by atoms with Gasteiger partial charge in [0, 0.05) is 0 Å². The van der Waals surface area contributed by atoms with Gasteiger partial charge in [0.15, 0.2) is 0 Å². The average Bonchev–Trinajstić information content (AvgIpc) is 1.99. The Hall–Kier alpha value is -0.0400. The summed E-state index contributed by atoms with van der Waals surface area (Å²) in [4.78, 5) is 0. The summed E-state index contributed by atoms with van der Waals surface area (Å²) in [6, 6.07) is 0. The van der Waals surface area contributed by atoms with Crippen molar-refractivity contribution in [1.82, 2.24) is 0 Å². The third kappa shape index (κ3) is 2.31. The van der Waals surface area contributed by atoms with E-state index in [0.717, 1.165) is 11.8 Å². The molecule has 2 aliphatic carbocycles. The highest BCUT2D eigenvalue weighted by Crippen LogP contribution is 2.46. The number of fused-ring (bicyclic) bond motifs is 2. The standard InChI is InChI=1S/C13H24O/c1-10(2)14-13(3)8-11-5-4-6-12(7-11)9-13/h10-12H,4-9H2,1-3H3. The van der Waals surface area contributed by atoms with Crippen LogP contribution in [0.15, 0.2) is 0 Å². The molecular weight excluding hydrogens is 172 g/mol. The number of hydrogen-bond donors (Lipinski definition) is 0. The summed E-state index contributed by atoms with van der Waals surface area (Å²) < 4.78 is 6.12. The lowest BCUT2D eigenvalue weighted by atomic mass is 9.66. The first-order chi connectivity index (χ1) is 6.57. The molecule has 2 saturated carbocycles. The lowest BCUT2D eigenvalue weighted by Gasteiger charge is -2.46. The predicted octanol–water partition coefficient (Wildman–Crippen LogP) is 3.77. The second-order valence-corrected chi connectivity index (χ2v) is 5.92. The lowest BCUT2D eigenvalue weighted by molar-refractivity contribution is -0.119. The van der Waals surface area contributed by atoms with E-state index in [1.807, 2.05) is 0 Å². The van der Waals surface area contributed by atoms with Crippen LogP contribution in [0, 0.1) is 11.8 Å². The number of ether oxygens (including phenoxy) is 1. The summed E-state index contributed by atoms with van der Waals surface area (Å²) in [5, 5.41) is 0. The minimum absolute atomic E-state index is 0.197. The molecule has 1 heteroatoms. The van der Waals surface area contributed by atoms with Gasteiger partial charge in [-0.2, -0.15) is 0 Å². The molecule has 0 aliphatic heterocycles. The normalized spacial score (nSPS) is 42.9. The largest absolute Gasteiger partial charge is 0.373 e. The molecule has 0 amide bonds. The van der Waals surface area contributed by atoms with Crippen molar-refractivity contribution in [2.45, 2.75) is 71.0 Å². The third-order valence-electron chi connectivity index (χ3n) is 3.85. The Morgan fingerprint density at radius 3 is 2.21 bits per heavy atom. The van der Waals surface area contributed by atoms with Crippen LogP contribution in [0.3, 0.4) is 0 Å². The molecule has 0 heterocycles. The molecule has 0 saturated heterocycles. The highest BCUT2D eigenvalue weighted by atomic mass is 16.5. The van der Waals surface area contributed by atoms with Crippen LogP contribution < -0.4 is 0 Å². The van der Waals surface area contributed by atoms with Crippen molar-refractivity contribution < 1.29 is 4.74 Å². The van der Waals surface area contributed by atoms with E-state index in [2.05, 4.69) is 20.8 Å². The quantitative estimate of drug-likeness (QED) is 0.653. The molecule has 0 N–H and O–H groups in total. The second-order valence-electron chi connectivity index (χ2n) is 5.92. The summed E-state index contributed by atoms with van der Waals surface area (Å²) >= 11 is 0. The topological polar surface area (TPSA) is 9.23 Å². The summed E-state index contributed by atoms with van der Waals surface area (Å²) in [5.41, 5.74) is 0.197. The minimum Gasteiger partial charge on any atom is -0.373 e. The highest BCUT2D eigenvalue weighted by molar-refractivity contribution is 4.91. The van der Waals surface area contributed by atoms with E-state index < -0.39 is 0 Å². The van der Waals surface area contributed by atoms with Crippen molar-refractivity contribution in [3.8, 4) is 0 Å². The van der Waals surface area contributed by atoms with Gasteiger partial charge in [0.05, 0.1) is 11.7 Å². The SMILES string of the molecule is CC(C)OC1(C)CC2CCCC(C2)C1. The Kier molecular flexibility index (Phi) is 2.88. The molecule has 2 aliphatic rings. The monoisotopic (exact) mass is 196 g/mol. The Balaban J connectivity index is 1.99. The molecule has 2 fully saturated rings. The first-order valence-corrected chi connectivity index (χ1v) is 6.25. The number of hydrogen-bond acceptors (Lipinski definition) is 1. The molecule has 0 aromatic heterocycles. The molecule has 2 unspecified atom stereocenters. The van der Waals surface area contributed by atoms with Crippen molar-refractivity contribution >= 4 is 0 Å². The van der Waals surface area contributed by atoms with E-state index in [-0.39, 0.29) is 5.60 Å². The zero-order chi connectivity index (χ0) is 10.2. The van der Waals surface area contributed by atoms with Crippen LogP contribution in [0.1, 0.15) is 59.3 Å². The highest BCUT2D eigenvalue weighted by Gasteiger charge is 2.40. The van der Waals surface area contributed by atoms with Crippen LogP contribution in [-0.2, 0) is 4.74 Å². The lowest BCUT2D eigenvalue weighted by Crippen LogP contribution is -2.42. The van der Waals surface area contributed by atoms with Crippen LogP contribution in [0.5, 0.6) is 0 Å². The fraction of sp³-hybridized carbons (Fsp3) is 1.00. The van der Waals surface area contributed by atoms with Gasteiger partial charge in [0.2, 0.25) is 0 Å². The van der Waals surface area contributed by atoms with Crippen LogP contribution in [0.25, 0.3) is 0 Å². The second kappa shape index (κ2) is 3.84. The summed E-state index contributed by atoms with van der Waals surface area (Å²) in [6.07, 6.45) is 8.85. The average molecular weight is 196 g/mol. The maximum Gasteiger partial charge on any atom is 0.0663 e. The molecule has 0 aromatic carbocycles. The molecule has 2 rings (SSSR count). The summed E-state index contributed by atoms with van der Waals surface area (Å²) in [7, 11) is 0. The van der Waals surface area contributed by atoms with Crippen LogP contribution in [0.2, 0.25) is 0 Å². The van der Waals surface area contributed by atoms with Gasteiger partial charge in [-0.3, -0.25) is 0 Å². The van der Waals surface area contributed by atoms with Crippen molar-refractivity contribution in [3.05, 3.63) is 0 Å². The van der Waals surface area contributed by atoms with Gasteiger partial charge in [-0.15, -0.1) is 0 Å². The zero-order valence-electron chi connectivity index (χ0n) is 9.88. The van der Waals surface area contributed by atoms with Gasteiger partial charge in [-0.25, -0.2) is 0 Å². The fourth-order valence-electron chi connectivity index (χ4n) is 3.74. The van der Waals surface area contributed by atoms with Crippen molar-refractivity contribution in [3.63, 3.8) is 0 Å². The number of rotatable bonds is 2. The van der Waals surface area contributed by atoms with Gasteiger partial charge in [-0.1, -0.05) is 19.3 Å². The molecule has 0 aromatic rings. The predicted molar refractivity (Wildman–Crippen MR) is 59.3 cm³/mol. The van der Waals surface area contributed by atoms with E-state index in [9.17, 15) is 0 Å². The Bertz CT molecular complexity index is 185. The maximum absolute atomic E-state index is 6.12. The smallest absolute Gasteiger partial charge is 0.0663 e. The Labute approximate surface area is 88.2 Å².